The number of nitrogens with two attached hydrogens (primary N) is 3. The van der Waals surface area contributed by atoms with Crippen LogP contribution in [0.15, 0.2) is 6.33 Å². The molecule has 0 unspecified atom stereocenters. The molecule has 0 aromatic carbocycles. The summed E-state index contributed by atoms with van der Waals surface area (Å²) in [5.41, 5.74) is 18.2. The van der Waals surface area contributed by atoms with Crippen molar-refractivity contribution in [3.05, 3.63) is 12.2 Å². The van der Waals surface area contributed by atoms with E-state index in [9.17, 15) is 24.6 Å². The molecule has 0 saturated carbocycles. The maximum Gasteiger partial charge on any atom is 1.00 e. The summed E-state index contributed by atoms with van der Waals surface area (Å²) in [7, 11) is -5.32. The number of rotatable bonds is 10. The number of fused-ring (bicyclic) bond motifs is 1. The Morgan fingerprint density at radius 3 is 2.52 bits per heavy atom. The van der Waals surface area contributed by atoms with Crippen LogP contribution in [0.2, 0.25) is 0 Å². The number of aliphatic hydroxyl groups excluding tert-OH is 2. The van der Waals surface area contributed by atoms with E-state index in [4.69, 9.17) is 21.9 Å². The molecule has 1 saturated heterocycles. The standard InChI is InChI=1S/C16H28N7O7P.2Li/c17-6-4-2-1-3-5-10-22-11-14(18)20-8-21-15(11)23(10)16(19)13(25)12(24)9(30-16)7-29-31(26,27)28;;/h8-9,12-13,24-25H,1-7,17,19H2,(H2,18,20,21)(H2,26,27,28);;/q;2*+1/p-2/t9-,12-,13-,16+;;/m1../s1. The Kier molecular flexibility index (Phi) is 11.5. The van der Waals surface area contributed by atoms with E-state index in [1.54, 1.807) is 0 Å². The fraction of sp³-hybridized carbons (Fsp3) is 0.688. The van der Waals surface area contributed by atoms with Gasteiger partial charge in [-0.1, -0.05) is 12.8 Å². The third kappa shape index (κ3) is 6.78. The molecule has 17 heteroatoms. The number of phosphoric acid groups is 1. The van der Waals surface area contributed by atoms with Crippen molar-refractivity contribution in [3.63, 3.8) is 0 Å². The summed E-state index contributed by atoms with van der Waals surface area (Å²) in [5.74, 6) is -1.61. The van der Waals surface area contributed by atoms with Gasteiger partial charge in [0.25, 0.3) is 0 Å². The number of phosphoric ester groups is 1. The molecule has 2 aromatic rings. The Morgan fingerprint density at radius 1 is 1.21 bits per heavy atom. The predicted octanol–water partition coefficient (Wildman–Crippen LogP) is -8.99. The second-order valence-electron chi connectivity index (χ2n) is 7.33. The smallest absolute Gasteiger partial charge is 0.790 e. The van der Waals surface area contributed by atoms with Gasteiger partial charge >= 0.3 is 37.7 Å². The van der Waals surface area contributed by atoms with E-state index in [-0.39, 0.29) is 54.7 Å². The molecular formula is C16H26Li2N7O7P. The molecule has 0 radical (unpaired) electrons. The molecule has 4 atom stereocenters. The number of imidazole rings is 1. The summed E-state index contributed by atoms with van der Waals surface area (Å²) in [4.78, 5) is 34.1. The number of nitrogen functional groups attached to an aromatic ring is 1. The van der Waals surface area contributed by atoms with Gasteiger partial charge in [-0.2, -0.15) is 0 Å². The van der Waals surface area contributed by atoms with Gasteiger partial charge in [0.15, 0.2) is 17.0 Å². The van der Waals surface area contributed by atoms with Gasteiger partial charge in [0.2, 0.25) is 5.85 Å². The first kappa shape index (κ1) is 30.5. The van der Waals surface area contributed by atoms with Crippen LogP contribution in [0.4, 0.5) is 5.82 Å². The summed E-state index contributed by atoms with van der Waals surface area (Å²) in [6, 6.07) is 0. The average Bonchev–Trinajstić information content (AvgIpc) is 3.18. The zero-order chi connectivity index (χ0) is 22.8. The van der Waals surface area contributed by atoms with Crippen molar-refractivity contribution in [2.75, 3.05) is 18.9 Å². The van der Waals surface area contributed by atoms with Gasteiger partial charge < -0.3 is 45.3 Å². The first-order chi connectivity index (χ1) is 14.6. The normalized spacial score (nSPS) is 25.1. The minimum absolute atomic E-state index is 0. The number of aliphatic hydroxyl groups is 2. The van der Waals surface area contributed by atoms with Crippen LogP contribution in [-0.4, -0.2) is 61.2 Å². The van der Waals surface area contributed by atoms with Crippen molar-refractivity contribution in [3.8, 4) is 0 Å². The molecule has 0 spiro atoms. The Labute approximate surface area is 214 Å². The largest absolute Gasteiger partial charge is 1.00 e. The van der Waals surface area contributed by atoms with E-state index < -0.39 is 38.6 Å². The number of hydrogen-bond donors (Lipinski definition) is 5. The maximum absolute atomic E-state index is 10.8. The van der Waals surface area contributed by atoms with E-state index in [1.165, 1.54) is 10.9 Å². The molecule has 0 bridgehead atoms. The van der Waals surface area contributed by atoms with Crippen molar-refractivity contribution < 1.29 is 71.5 Å². The summed E-state index contributed by atoms with van der Waals surface area (Å²) in [6.07, 6.45) is 0.232. The van der Waals surface area contributed by atoms with E-state index >= 15 is 0 Å². The molecule has 0 aliphatic carbocycles. The van der Waals surface area contributed by atoms with Crippen LogP contribution in [0.25, 0.3) is 11.2 Å². The van der Waals surface area contributed by atoms with Crippen LogP contribution < -0.4 is 64.7 Å². The SMILES string of the molecule is NCCCCCCc1nc2c(N)ncnc2n1[C@]1(N)O[C@H](COP(=O)([O-])[O-])[C@@H](O)[C@H]1O.[Li+].[Li+]. The minimum Gasteiger partial charge on any atom is -0.790 e. The van der Waals surface area contributed by atoms with E-state index in [0.29, 0.717) is 25.2 Å². The number of ether oxygens (including phenoxy) is 1. The van der Waals surface area contributed by atoms with Crippen molar-refractivity contribution in [1.82, 2.24) is 19.5 Å². The molecule has 3 rings (SSSR count). The fourth-order valence-corrected chi connectivity index (χ4v) is 3.91. The first-order valence-corrected chi connectivity index (χ1v) is 11.2. The number of unbranched alkanes of at least 4 members (excludes halogenated alkanes) is 3. The maximum atomic E-state index is 10.8. The summed E-state index contributed by atoms with van der Waals surface area (Å²) < 4.78 is 21.9. The average molecular weight is 473 g/mol. The Bertz CT molecular complexity index is 965. The Morgan fingerprint density at radius 2 is 1.88 bits per heavy atom. The van der Waals surface area contributed by atoms with Gasteiger partial charge in [0.1, 0.15) is 30.5 Å². The van der Waals surface area contributed by atoms with Crippen LogP contribution in [0.5, 0.6) is 0 Å². The molecule has 1 fully saturated rings. The molecule has 3 heterocycles. The summed E-state index contributed by atoms with van der Waals surface area (Å²) in [6.45, 7) is -0.225. The van der Waals surface area contributed by atoms with Gasteiger partial charge in [-0.3, -0.25) is 10.3 Å². The Balaban J connectivity index is 0.00000272. The molecular weight excluding hydrogens is 447 g/mol. The summed E-state index contributed by atoms with van der Waals surface area (Å²) >= 11 is 0. The van der Waals surface area contributed by atoms with Crippen molar-refractivity contribution in [1.29, 1.82) is 0 Å². The number of nitrogens with zero attached hydrogens (tertiary/aromatic N) is 4. The second-order valence-corrected chi connectivity index (χ2v) is 8.49. The van der Waals surface area contributed by atoms with Crippen LogP contribution in [0.3, 0.4) is 0 Å². The molecule has 1 aliphatic rings. The molecule has 174 valence electrons. The van der Waals surface area contributed by atoms with Crippen molar-refractivity contribution in [2.45, 2.75) is 56.3 Å². The third-order valence-electron chi connectivity index (χ3n) is 5.11. The molecule has 0 amide bonds. The molecule has 33 heavy (non-hydrogen) atoms. The van der Waals surface area contributed by atoms with Crippen molar-refractivity contribution in [2.24, 2.45) is 11.5 Å². The zero-order valence-electron chi connectivity index (χ0n) is 18.7. The first-order valence-electron chi connectivity index (χ1n) is 9.76. The molecule has 8 N–H and O–H groups in total. The summed E-state index contributed by atoms with van der Waals surface area (Å²) in [5, 5.41) is 21.0. The van der Waals surface area contributed by atoms with Crippen molar-refractivity contribution >= 4 is 24.8 Å². The number of aromatic nitrogens is 4. The number of hydrogen-bond acceptors (Lipinski definition) is 13. The molecule has 2 aromatic heterocycles. The van der Waals surface area contributed by atoms with Gasteiger partial charge in [0, 0.05) is 6.42 Å². The van der Waals surface area contributed by atoms with Crippen LogP contribution in [0, 0.1) is 0 Å². The van der Waals surface area contributed by atoms with Gasteiger partial charge in [-0.05, 0) is 19.4 Å². The number of aryl methyl sites for hydroxylation is 1. The van der Waals surface area contributed by atoms with Crippen LogP contribution >= 0.6 is 7.82 Å². The topological polar surface area (TPSA) is 244 Å². The van der Waals surface area contributed by atoms with Crippen LogP contribution in [0.1, 0.15) is 31.5 Å². The van der Waals surface area contributed by atoms with E-state index in [2.05, 4.69) is 19.5 Å². The Hall–Kier alpha value is -0.545. The predicted molar refractivity (Wildman–Crippen MR) is 104 cm³/mol. The molecule has 1 aliphatic heterocycles. The van der Waals surface area contributed by atoms with Gasteiger partial charge in [-0.25, -0.2) is 15.0 Å². The minimum atomic E-state index is -5.32. The second kappa shape index (κ2) is 12.4. The third-order valence-corrected chi connectivity index (χ3v) is 5.58. The van der Waals surface area contributed by atoms with E-state index in [0.717, 1.165) is 19.3 Å². The quantitative estimate of drug-likeness (QED) is 0.122. The van der Waals surface area contributed by atoms with Crippen LogP contribution in [-0.2, 0) is 26.1 Å². The number of anilines is 1. The fourth-order valence-electron chi connectivity index (χ4n) is 3.58. The van der Waals surface area contributed by atoms with Gasteiger partial charge in [-0.15, -0.1) is 0 Å². The zero-order valence-corrected chi connectivity index (χ0v) is 19.6. The van der Waals surface area contributed by atoms with E-state index in [1.807, 2.05) is 0 Å². The molecule has 14 nitrogen and oxygen atoms in total. The van der Waals surface area contributed by atoms with Gasteiger partial charge in [0.05, 0.1) is 14.4 Å². The monoisotopic (exact) mass is 473 g/mol.